The molecule has 1 aliphatic carbocycles. The van der Waals surface area contributed by atoms with Gasteiger partial charge >= 0.3 is 0 Å². The summed E-state index contributed by atoms with van der Waals surface area (Å²) in [6.07, 6.45) is 4.24. The molecule has 1 amide bonds. The van der Waals surface area contributed by atoms with Crippen molar-refractivity contribution < 1.29 is 9.53 Å². The van der Waals surface area contributed by atoms with Gasteiger partial charge in [0, 0.05) is 13.0 Å². The molecule has 17 heavy (non-hydrogen) atoms. The number of carbonyl (C=O) groups is 1. The molecule has 4 heteroatoms. The first-order valence-corrected chi connectivity index (χ1v) is 6.43. The van der Waals surface area contributed by atoms with Crippen LogP contribution in [-0.4, -0.2) is 24.2 Å². The van der Waals surface area contributed by atoms with Gasteiger partial charge in [0.2, 0.25) is 5.91 Å². The van der Waals surface area contributed by atoms with Crippen molar-refractivity contribution in [2.75, 3.05) is 6.61 Å². The smallest absolute Gasteiger partial charge is 0.237 e. The number of primary amides is 1. The molecule has 0 aliphatic heterocycles. The molecule has 1 saturated carbocycles. The van der Waals surface area contributed by atoms with Gasteiger partial charge in [-0.15, -0.1) is 0 Å². The Hall–Kier alpha value is -0.610. The molecule has 2 unspecified atom stereocenters. The quantitative estimate of drug-likeness (QED) is 0.785. The Morgan fingerprint density at radius 1 is 1.47 bits per heavy atom. The van der Waals surface area contributed by atoms with Crippen molar-refractivity contribution in [1.82, 2.24) is 0 Å². The molecule has 100 valence electrons. The van der Waals surface area contributed by atoms with Crippen molar-refractivity contribution >= 4 is 5.91 Å². The summed E-state index contributed by atoms with van der Waals surface area (Å²) in [5.74, 6) is -0.401. The fourth-order valence-electron chi connectivity index (χ4n) is 2.15. The van der Waals surface area contributed by atoms with E-state index in [1.807, 2.05) is 0 Å². The third-order valence-corrected chi connectivity index (χ3v) is 3.44. The number of nitrogens with two attached hydrogens (primary N) is 2. The van der Waals surface area contributed by atoms with Gasteiger partial charge in [-0.2, -0.15) is 0 Å². The Morgan fingerprint density at radius 3 is 2.65 bits per heavy atom. The van der Waals surface area contributed by atoms with Gasteiger partial charge in [0.25, 0.3) is 0 Å². The Morgan fingerprint density at radius 2 is 2.12 bits per heavy atom. The monoisotopic (exact) mass is 242 g/mol. The molecule has 0 aromatic carbocycles. The van der Waals surface area contributed by atoms with Gasteiger partial charge in [-0.3, -0.25) is 4.79 Å². The third-order valence-electron chi connectivity index (χ3n) is 3.44. The zero-order valence-corrected chi connectivity index (χ0v) is 11.3. The van der Waals surface area contributed by atoms with E-state index in [1.54, 1.807) is 0 Å². The fourth-order valence-corrected chi connectivity index (χ4v) is 2.15. The SMILES string of the molecule is CC(C)(C)CCOC1CCCC(N)(C(N)=O)C1. The number of carbonyl (C=O) groups excluding carboxylic acids is 1. The summed E-state index contributed by atoms with van der Waals surface area (Å²) in [5.41, 5.74) is 10.8. The Kier molecular flexibility index (Phi) is 4.55. The second-order valence-corrected chi connectivity index (χ2v) is 6.42. The van der Waals surface area contributed by atoms with Crippen molar-refractivity contribution in [1.29, 1.82) is 0 Å². The van der Waals surface area contributed by atoms with E-state index in [9.17, 15) is 4.79 Å². The summed E-state index contributed by atoms with van der Waals surface area (Å²) in [6, 6.07) is 0. The normalized spacial score (nSPS) is 30.2. The Labute approximate surface area is 104 Å². The van der Waals surface area contributed by atoms with Gasteiger partial charge in [-0.05, 0) is 31.1 Å². The molecule has 1 aliphatic rings. The van der Waals surface area contributed by atoms with Crippen LogP contribution in [0.4, 0.5) is 0 Å². The van der Waals surface area contributed by atoms with Crippen LogP contribution in [0, 0.1) is 5.41 Å². The second kappa shape index (κ2) is 5.36. The highest BCUT2D eigenvalue weighted by molar-refractivity contribution is 5.84. The molecular formula is C13H26N2O2. The van der Waals surface area contributed by atoms with Gasteiger partial charge < -0.3 is 16.2 Å². The van der Waals surface area contributed by atoms with Crippen LogP contribution < -0.4 is 11.5 Å². The van der Waals surface area contributed by atoms with Crippen molar-refractivity contribution in [3.63, 3.8) is 0 Å². The van der Waals surface area contributed by atoms with Crippen LogP contribution >= 0.6 is 0 Å². The summed E-state index contributed by atoms with van der Waals surface area (Å²) in [5, 5.41) is 0. The molecule has 2 atom stereocenters. The van der Waals surface area contributed by atoms with Crippen molar-refractivity contribution in [3.8, 4) is 0 Å². The standard InChI is InChI=1S/C13H26N2O2/c1-12(2,3)7-8-17-10-5-4-6-13(15,9-10)11(14)16/h10H,4-9,15H2,1-3H3,(H2,14,16). The van der Waals surface area contributed by atoms with Crippen LogP contribution in [0.1, 0.15) is 52.9 Å². The second-order valence-electron chi connectivity index (χ2n) is 6.42. The lowest BCUT2D eigenvalue weighted by Gasteiger charge is -2.35. The lowest BCUT2D eigenvalue weighted by molar-refractivity contribution is -0.126. The Balaban J connectivity index is 2.38. The van der Waals surface area contributed by atoms with E-state index in [0.29, 0.717) is 12.8 Å². The zero-order valence-electron chi connectivity index (χ0n) is 11.3. The zero-order chi connectivity index (χ0) is 13.1. The molecule has 1 rings (SSSR count). The lowest BCUT2D eigenvalue weighted by Crippen LogP contribution is -2.56. The molecule has 0 radical (unpaired) electrons. The molecule has 0 aromatic rings. The minimum absolute atomic E-state index is 0.0867. The maximum absolute atomic E-state index is 11.3. The first-order chi connectivity index (χ1) is 7.73. The van der Waals surface area contributed by atoms with Crippen LogP contribution in [-0.2, 0) is 9.53 Å². The first kappa shape index (κ1) is 14.5. The molecular weight excluding hydrogens is 216 g/mol. The topological polar surface area (TPSA) is 78.3 Å². The highest BCUT2D eigenvalue weighted by atomic mass is 16.5. The number of hydrogen-bond donors (Lipinski definition) is 2. The maximum Gasteiger partial charge on any atom is 0.237 e. The van der Waals surface area contributed by atoms with Crippen LogP contribution in [0.2, 0.25) is 0 Å². The summed E-state index contributed by atoms with van der Waals surface area (Å²) >= 11 is 0. The summed E-state index contributed by atoms with van der Waals surface area (Å²) in [7, 11) is 0. The summed E-state index contributed by atoms with van der Waals surface area (Å²) in [4.78, 5) is 11.3. The number of rotatable bonds is 4. The lowest BCUT2D eigenvalue weighted by atomic mass is 9.80. The van der Waals surface area contributed by atoms with E-state index < -0.39 is 11.4 Å². The first-order valence-electron chi connectivity index (χ1n) is 6.43. The van der Waals surface area contributed by atoms with E-state index in [1.165, 1.54) is 0 Å². The summed E-state index contributed by atoms with van der Waals surface area (Å²) in [6.45, 7) is 7.29. The van der Waals surface area contributed by atoms with Gasteiger partial charge in [0.1, 0.15) is 0 Å². The van der Waals surface area contributed by atoms with Gasteiger partial charge in [-0.1, -0.05) is 20.8 Å². The predicted octanol–water partition coefficient (Wildman–Crippen LogP) is 1.56. The molecule has 4 N–H and O–H groups in total. The minimum Gasteiger partial charge on any atom is -0.378 e. The molecule has 1 fully saturated rings. The van der Waals surface area contributed by atoms with Crippen molar-refractivity contribution in [3.05, 3.63) is 0 Å². The molecule has 0 saturated heterocycles. The van der Waals surface area contributed by atoms with E-state index in [4.69, 9.17) is 16.2 Å². The van der Waals surface area contributed by atoms with Crippen LogP contribution in [0.25, 0.3) is 0 Å². The van der Waals surface area contributed by atoms with Gasteiger partial charge in [0.05, 0.1) is 11.6 Å². The maximum atomic E-state index is 11.3. The largest absolute Gasteiger partial charge is 0.378 e. The fraction of sp³-hybridized carbons (Fsp3) is 0.923. The average Bonchev–Trinajstić information content (AvgIpc) is 2.15. The van der Waals surface area contributed by atoms with Crippen molar-refractivity contribution in [2.45, 2.75) is 64.5 Å². The minimum atomic E-state index is -0.856. The molecule has 0 bridgehead atoms. The van der Waals surface area contributed by atoms with Crippen molar-refractivity contribution in [2.24, 2.45) is 16.9 Å². The molecule has 0 spiro atoms. The van der Waals surface area contributed by atoms with Crippen LogP contribution in [0.5, 0.6) is 0 Å². The third kappa shape index (κ3) is 4.64. The van der Waals surface area contributed by atoms with Crippen LogP contribution in [0.3, 0.4) is 0 Å². The number of hydrogen-bond acceptors (Lipinski definition) is 3. The van der Waals surface area contributed by atoms with Gasteiger partial charge in [-0.25, -0.2) is 0 Å². The average molecular weight is 242 g/mol. The number of ether oxygens (including phenoxy) is 1. The Bertz CT molecular complexity index is 273. The number of amides is 1. The molecule has 0 heterocycles. The molecule has 0 aromatic heterocycles. The van der Waals surface area contributed by atoms with E-state index >= 15 is 0 Å². The van der Waals surface area contributed by atoms with E-state index in [2.05, 4.69) is 20.8 Å². The van der Waals surface area contributed by atoms with Gasteiger partial charge in [0.15, 0.2) is 0 Å². The van der Waals surface area contributed by atoms with E-state index in [-0.39, 0.29) is 11.5 Å². The molecule has 4 nitrogen and oxygen atoms in total. The van der Waals surface area contributed by atoms with E-state index in [0.717, 1.165) is 25.9 Å². The highest BCUT2D eigenvalue weighted by Gasteiger charge is 2.38. The summed E-state index contributed by atoms with van der Waals surface area (Å²) < 4.78 is 5.82. The highest BCUT2D eigenvalue weighted by Crippen LogP contribution is 2.29. The predicted molar refractivity (Wildman–Crippen MR) is 68.4 cm³/mol. The van der Waals surface area contributed by atoms with Crippen LogP contribution in [0.15, 0.2) is 0 Å².